The van der Waals surface area contributed by atoms with Crippen LogP contribution in [0.1, 0.15) is 91.9 Å². The van der Waals surface area contributed by atoms with Crippen molar-refractivity contribution in [3.63, 3.8) is 0 Å². The van der Waals surface area contributed by atoms with Gasteiger partial charge in [-0.2, -0.15) is 0 Å². The molecule has 0 bridgehead atoms. The minimum absolute atomic E-state index is 0.193. The molecule has 0 aliphatic heterocycles. The Kier molecular flexibility index (Phi) is 14.6. The summed E-state index contributed by atoms with van der Waals surface area (Å²) in [6.07, 6.45) is 6.49. The van der Waals surface area contributed by atoms with Crippen molar-refractivity contribution in [2.24, 2.45) is 11.8 Å². The van der Waals surface area contributed by atoms with E-state index in [1.54, 1.807) is 0 Å². The van der Waals surface area contributed by atoms with Crippen molar-refractivity contribution in [2.75, 3.05) is 0 Å². The van der Waals surface area contributed by atoms with Gasteiger partial charge in [0.25, 0.3) is 0 Å². The number of aliphatic carboxylic acids is 2. The predicted octanol–water partition coefficient (Wildman–Crippen LogP) is 3.34. The summed E-state index contributed by atoms with van der Waals surface area (Å²) < 4.78 is 0. The summed E-state index contributed by atoms with van der Waals surface area (Å²) in [5.74, 6) is -2.07. The van der Waals surface area contributed by atoms with Crippen molar-refractivity contribution in [2.45, 2.75) is 104 Å². The first-order valence-corrected chi connectivity index (χ1v) is 11.1. The average Bonchev–Trinajstić information content (AvgIpc) is 2.61. The summed E-state index contributed by atoms with van der Waals surface area (Å²) in [6.45, 7) is 7.67. The number of carbonyl (C=O) groups excluding carboxylic acids is 2. The molecule has 4 N–H and O–H groups in total. The molecule has 2 atom stereocenters. The van der Waals surface area contributed by atoms with Crippen molar-refractivity contribution in [3.8, 4) is 0 Å². The second-order valence-corrected chi connectivity index (χ2v) is 8.80. The SMILES string of the molecule is CC(C)C[C@H](NC(=O)CCCCCCCCC(=O)N[C@@H](CC(C)C)C(=O)O)C(=O)O. The minimum Gasteiger partial charge on any atom is -0.480 e. The maximum absolute atomic E-state index is 11.9. The average molecular weight is 429 g/mol. The van der Waals surface area contributed by atoms with E-state index in [0.29, 0.717) is 38.5 Å². The molecule has 0 aromatic rings. The third-order valence-corrected chi connectivity index (χ3v) is 4.74. The van der Waals surface area contributed by atoms with Crippen LogP contribution in [0.3, 0.4) is 0 Å². The molecule has 0 saturated heterocycles. The first kappa shape index (κ1) is 27.9. The van der Waals surface area contributed by atoms with Crippen LogP contribution in [0, 0.1) is 11.8 Å². The Morgan fingerprint density at radius 2 is 0.900 bits per heavy atom. The standard InChI is InChI=1S/C22H40N2O6/c1-15(2)13-17(21(27)28)23-19(25)11-9-7-5-6-8-10-12-20(26)24-18(22(29)30)14-16(3)4/h15-18H,5-14H2,1-4H3,(H,23,25)(H,24,26)(H,27,28)(H,29,30)/t17-,18-/m0/s1. The van der Waals surface area contributed by atoms with E-state index in [1.807, 2.05) is 27.7 Å². The van der Waals surface area contributed by atoms with Gasteiger partial charge in [-0.25, -0.2) is 9.59 Å². The maximum atomic E-state index is 11.9. The van der Waals surface area contributed by atoms with Crippen molar-refractivity contribution < 1.29 is 29.4 Å². The second-order valence-electron chi connectivity index (χ2n) is 8.80. The number of nitrogens with one attached hydrogen (secondary N) is 2. The van der Waals surface area contributed by atoms with E-state index in [4.69, 9.17) is 10.2 Å². The van der Waals surface area contributed by atoms with Gasteiger partial charge in [-0.1, -0.05) is 53.4 Å². The van der Waals surface area contributed by atoms with Gasteiger partial charge in [0.05, 0.1) is 0 Å². The Balaban J connectivity index is 3.84. The molecule has 0 heterocycles. The van der Waals surface area contributed by atoms with Gasteiger partial charge in [0, 0.05) is 12.8 Å². The van der Waals surface area contributed by atoms with Crippen molar-refractivity contribution in [1.29, 1.82) is 0 Å². The predicted molar refractivity (Wildman–Crippen MR) is 115 cm³/mol. The second kappa shape index (κ2) is 15.7. The number of rotatable bonds is 17. The Labute approximate surface area is 180 Å². The van der Waals surface area contributed by atoms with Gasteiger partial charge in [-0.3, -0.25) is 9.59 Å². The molecule has 0 saturated carbocycles. The normalized spacial score (nSPS) is 13.1. The van der Waals surface area contributed by atoms with Crippen LogP contribution in [0.5, 0.6) is 0 Å². The van der Waals surface area contributed by atoms with E-state index in [0.717, 1.165) is 25.7 Å². The van der Waals surface area contributed by atoms with Crippen molar-refractivity contribution in [3.05, 3.63) is 0 Å². The van der Waals surface area contributed by atoms with Gasteiger partial charge in [-0.05, 0) is 37.5 Å². The monoisotopic (exact) mass is 428 g/mol. The number of hydrogen-bond acceptors (Lipinski definition) is 4. The van der Waals surface area contributed by atoms with Crippen molar-refractivity contribution in [1.82, 2.24) is 10.6 Å². The van der Waals surface area contributed by atoms with Crippen LogP contribution >= 0.6 is 0 Å². The molecule has 8 heteroatoms. The van der Waals surface area contributed by atoms with Gasteiger partial charge >= 0.3 is 11.9 Å². The van der Waals surface area contributed by atoms with Gasteiger partial charge < -0.3 is 20.8 Å². The highest BCUT2D eigenvalue weighted by atomic mass is 16.4. The van der Waals surface area contributed by atoms with E-state index in [9.17, 15) is 19.2 Å². The minimum atomic E-state index is -1.00. The summed E-state index contributed by atoms with van der Waals surface area (Å²) in [6, 6.07) is -1.66. The number of unbranched alkanes of at least 4 members (excludes halogenated alkanes) is 5. The number of amides is 2. The molecule has 0 radical (unpaired) electrons. The molecular formula is C22H40N2O6. The number of carboxylic acids is 2. The van der Waals surface area contributed by atoms with Crippen LogP contribution in [0.2, 0.25) is 0 Å². The number of hydrogen-bond donors (Lipinski definition) is 4. The Morgan fingerprint density at radius 3 is 1.17 bits per heavy atom. The molecule has 0 aromatic carbocycles. The topological polar surface area (TPSA) is 133 Å². The largest absolute Gasteiger partial charge is 0.480 e. The third kappa shape index (κ3) is 14.8. The number of carbonyl (C=O) groups is 4. The van der Waals surface area contributed by atoms with Crippen LogP contribution in [0.15, 0.2) is 0 Å². The van der Waals surface area contributed by atoms with Gasteiger partial charge in [0.2, 0.25) is 11.8 Å². The Hall–Kier alpha value is -2.12. The van der Waals surface area contributed by atoms with Gasteiger partial charge in [-0.15, -0.1) is 0 Å². The molecule has 0 aliphatic carbocycles. The smallest absolute Gasteiger partial charge is 0.326 e. The lowest BCUT2D eigenvalue weighted by Crippen LogP contribution is -2.41. The van der Waals surface area contributed by atoms with Gasteiger partial charge in [0.1, 0.15) is 12.1 Å². The third-order valence-electron chi connectivity index (χ3n) is 4.74. The zero-order chi connectivity index (χ0) is 23.1. The van der Waals surface area contributed by atoms with Crippen LogP contribution in [0.4, 0.5) is 0 Å². The fourth-order valence-electron chi connectivity index (χ4n) is 3.20. The Morgan fingerprint density at radius 1 is 0.600 bits per heavy atom. The molecule has 0 rings (SSSR count). The zero-order valence-corrected chi connectivity index (χ0v) is 18.9. The van der Waals surface area contributed by atoms with Crippen LogP contribution < -0.4 is 10.6 Å². The molecule has 0 unspecified atom stereocenters. The first-order valence-electron chi connectivity index (χ1n) is 11.1. The molecule has 0 fully saturated rings. The highest BCUT2D eigenvalue weighted by Crippen LogP contribution is 2.11. The maximum Gasteiger partial charge on any atom is 0.326 e. The molecular weight excluding hydrogens is 388 g/mol. The fraction of sp³-hybridized carbons (Fsp3) is 0.818. The highest BCUT2D eigenvalue weighted by molar-refractivity contribution is 5.84. The van der Waals surface area contributed by atoms with E-state index in [2.05, 4.69) is 10.6 Å². The van der Waals surface area contributed by atoms with E-state index < -0.39 is 24.0 Å². The molecule has 174 valence electrons. The molecule has 0 aliphatic rings. The summed E-state index contributed by atoms with van der Waals surface area (Å²) in [5.41, 5.74) is 0. The summed E-state index contributed by atoms with van der Waals surface area (Å²) in [7, 11) is 0. The zero-order valence-electron chi connectivity index (χ0n) is 18.9. The summed E-state index contributed by atoms with van der Waals surface area (Å²) in [5, 5.41) is 23.5. The number of carboxylic acid groups (broad SMARTS) is 2. The molecule has 30 heavy (non-hydrogen) atoms. The molecule has 8 nitrogen and oxygen atoms in total. The summed E-state index contributed by atoms with van der Waals surface area (Å²) >= 11 is 0. The van der Waals surface area contributed by atoms with Crippen molar-refractivity contribution >= 4 is 23.8 Å². The lowest BCUT2D eigenvalue weighted by molar-refractivity contribution is -0.142. The molecule has 0 aromatic heterocycles. The van der Waals surface area contributed by atoms with E-state index in [1.165, 1.54) is 0 Å². The lowest BCUT2D eigenvalue weighted by Gasteiger charge is -2.16. The molecule has 0 spiro atoms. The first-order chi connectivity index (χ1) is 14.0. The Bertz CT molecular complexity index is 500. The fourth-order valence-corrected chi connectivity index (χ4v) is 3.20. The highest BCUT2D eigenvalue weighted by Gasteiger charge is 2.21. The van der Waals surface area contributed by atoms with E-state index >= 15 is 0 Å². The molecule has 2 amide bonds. The van der Waals surface area contributed by atoms with Crippen LogP contribution in [-0.2, 0) is 19.2 Å². The van der Waals surface area contributed by atoms with E-state index in [-0.39, 0.29) is 23.7 Å². The van der Waals surface area contributed by atoms with Crippen LogP contribution in [-0.4, -0.2) is 46.0 Å². The summed E-state index contributed by atoms with van der Waals surface area (Å²) in [4.78, 5) is 46.1. The lowest BCUT2D eigenvalue weighted by atomic mass is 10.0. The van der Waals surface area contributed by atoms with Gasteiger partial charge in [0.15, 0.2) is 0 Å². The van der Waals surface area contributed by atoms with Crippen LogP contribution in [0.25, 0.3) is 0 Å². The quantitative estimate of drug-likeness (QED) is 0.263.